The van der Waals surface area contributed by atoms with Gasteiger partial charge in [0.15, 0.2) is 6.10 Å². The highest BCUT2D eigenvalue weighted by molar-refractivity contribution is 6.32. The van der Waals surface area contributed by atoms with Crippen LogP contribution in [0.5, 0.6) is 5.75 Å². The van der Waals surface area contributed by atoms with Gasteiger partial charge in [0.05, 0.1) is 5.02 Å². The number of carbonyl (C=O) groups is 1. The maximum atomic E-state index is 12.5. The van der Waals surface area contributed by atoms with Crippen LogP contribution in [0.25, 0.3) is 0 Å². The van der Waals surface area contributed by atoms with Crippen LogP contribution in [0.1, 0.15) is 26.7 Å². The molecule has 1 amide bonds. The number of nitrogens with zero attached hydrogens (tertiary/aromatic N) is 1. The molecule has 1 aromatic carbocycles. The van der Waals surface area contributed by atoms with Gasteiger partial charge in [0, 0.05) is 19.1 Å². The Bertz CT molecular complexity index is 493. The normalized spacial score (nSPS) is 21.7. The van der Waals surface area contributed by atoms with Crippen molar-refractivity contribution in [2.75, 3.05) is 13.1 Å². The van der Waals surface area contributed by atoms with Gasteiger partial charge in [-0.1, -0.05) is 23.7 Å². The zero-order valence-corrected chi connectivity index (χ0v) is 13.3. The predicted octanol–water partition coefficient (Wildman–Crippen LogP) is 2.69. The van der Waals surface area contributed by atoms with Crippen molar-refractivity contribution in [1.29, 1.82) is 0 Å². The van der Waals surface area contributed by atoms with Crippen LogP contribution < -0.4 is 10.5 Å². The molecule has 1 aliphatic heterocycles. The number of piperidine rings is 1. The molecule has 5 heteroatoms. The van der Waals surface area contributed by atoms with E-state index in [1.54, 1.807) is 19.1 Å². The molecule has 1 aromatic rings. The van der Waals surface area contributed by atoms with Gasteiger partial charge < -0.3 is 15.4 Å². The molecule has 2 rings (SSSR count). The van der Waals surface area contributed by atoms with Gasteiger partial charge in [0.25, 0.3) is 5.91 Å². The second-order valence-corrected chi connectivity index (χ2v) is 6.14. The molecule has 3 atom stereocenters. The first-order valence-electron chi connectivity index (χ1n) is 7.44. The number of amides is 1. The van der Waals surface area contributed by atoms with Crippen LogP contribution in [0.3, 0.4) is 0 Å². The van der Waals surface area contributed by atoms with Gasteiger partial charge in [-0.25, -0.2) is 0 Å². The van der Waals surface area contributed by atoms with Crippen LogP contribution >= 0.6 is 11.6 Å². The van der Waals surface area contributed by atoms with E-state index in [1.807, 2.05) is 24.0 Å². The van der Waals surface area contributed by atoms with Crippen molar-refractivity contribution in [1.82, 2.24) is 4.90 Å². The number of halogens is 1. The largest absolute Gasteiger partial charge is 0.479 e. The summed E-state index contributed by atoms with van der Waals surface area (Å²) in [6.07, 6.45) is 1.54. The Morgan fingerprint density at radius 3 is 2.81 bits per heavy atom. The summed E-state index contributed by atoms with van der Waals surface area (Å²) in [5, 5.41) is 0.518. The van der Waals surface area contributed by atoms with Crippen LogP contribution in [0.15, 0.2) is 24.3 Å². The SMILES string of the molecule is CC(Oc1ccccc1Cl)C(=O)N1CCCC(C(C)N)C1. The zero-order valence-electron chi connectivity index (χ0n) is 12.6. The third-order valence-electron chi connectivity index (χ3n) is 4.00. The summed E-state index contributed by atoms with van der Waals surface area (Å²) in [6, 6.07) is 7.31. The van der Waals surface area contributed by atoms with Crippen molar-refractivity contribution >= 4 is 17.5 Å². The Hall–Kier alpha value is -1.26. The minimum absolute atomic E-state index is 0.000250. The summed E-state index contributed by atoms with van der Waals surface area (Å²) >= 11 is 6.06. The molecule has 3 unspecified atom stereocenters. The predicted molar refractivity (Wildman–Crippen MR) is 84.5 cm³/mol. The van der Waals surface area contributed by atoms with E-state index < -0.39 is 6.10 Å². The Morgan fingerprint density at radius 1 is 1.43 bits per heavy atom. The molecular weight excluding hydrogens is 288 g/mol. The summed E-state index contributed by atoms with van der Waals surface area (Å²) in [7, 11) is 0. The standard InChI is InChI=1S/C16H23ClN2O2/c1-11(18)13-6-5-9-19(10-13)16(20)12(2)21-15-8-4-3-7-14(15)17/h3-4,7-8,11-13H,5-6,9-10,18H2,1-2H3. The second kappa shape index (κ2) is 7.14. The quantitative estimate of drug-likeness (QED) is 0.930. The number of carbonyl (C=O) groups excluding carboxylic acids is 1. The van der Waals surface area contributed by atoms with Crippen molar-refractivity contribution in [2.45, 2.75) is 38.8 Å². The summed E-state index contributed by atoms with van der Waals surface area (Å²) in [4.78, 5) is 14.4. The minimum Gasteiger partial charge on any atom is -0.479 e. The number of para-hydroxylation sites is 1. The molecule has 0 aliphatic carbocycles. The van der Waals surface area contributed by atoms with Gasteiger partial charge in [-0.15, -0.1) is 0 Å². The molecule has 1 fully saturated rings. The first-order chi connectivity index (χ1) is 9.99. The first-order valence-corrected chi connectivity index (χ1v) is 7.82. The Kier molecular flexibility index (Phi) is 5.48. The fourth-order valence-corrected chi connectivity index (χ4v) is 2.86. The maximum absolute atomic E-state index is 12.5. The van der Waals surface area contributed by atoms with E-state index in [2.05, 4.69) is 0 Å². The number of hydrogen-bond donors (Lipinski definition) is 1. The minimum atomic E-state index is -0.545. The molecule has 1 aliphatic rings. The number of nitrogens with two attached hydrogens (primary N) is 1. The first kappa shape index (κ1) is 16.1. The molecule has 4 nitrogen and oxygen atoms in total. The fourth-order valence-electron chi connectivity index (χ4n) is 2.68. The van der Waals surface area contributed by atoms with Crippen molar-refractivity contribution in [3.63, 3.8) is 0 Å². The average Bonchev–Trinajstić information content (AvgIpc) is 2.49. The van der Waals surface area contributed by atoms with E-state index in [0.29, 0.717) is 23.2 Å². The molecule has 0 saturated carbocycles. The van der Waals surface area contributed by atoms with E-state index in [1.165, 1.54) is 0 Å². The van der Waals surface area contributed by atoms with E-state index in [9.17, 15) is 4.79 Å². The number of benzene rings is 1. The molecule has 1 heterocycles. The van der Waals surface area contributed by atoms with Crippen molar-refractivity contribution < 1.29 is 9.53 Å². The summed E-state index contributed by atoms with van der Waals surface area (Å²) in [5.41, 5.74) is 5.96. The van der Waals surface area contributed by atoms with Crippen LogP contribution in [-0.4, -0.2) is 36.0 Å². The van der Waals surface area contributed by atoms with Crippen LogP contribution in [0, 0.1) is 5.92 Å². The lowest BCUT2D eigenvalue weighted by Gasteiger charge is -2.35. The molecule has 1 saturated heterocycles. The van der Waals surface area contributed by atoms with Crippen molar-refractivity contribution in [3.8, 4) is 5.75 Å². The van der Waals surface area contributed by atoms with Crippen LogP contribution in [0.2, 0.25) is 5.02 Å². The molecule has 0 spiro atoms. The third kappa shape index (κ3) is 4.11. The lowest BCUT2D eigenvalue weighted by molar-refractivity contribution is -0.139. The fraction of sp³-hybridized carbons (Fsp3) is 0.562. The highest BCUT2D eigenvalue weighted by atomic mass is 35.5. The molecule has 0 radical (unpaired) electrons. The van der Waals surface area contributed by atoms with Crippen LogP contribution in [-0.2, 0) is 4.79 Å². The van der Waals surface area contributed by atoms with E-state index in [4.69, 9.17) is 22.1 Å². The molecule has 2 N–H and O–H groups in total. The second-order valence-electron chi connectivity index (χ2n) is 5.74. The van der Waals surface area contributed by atoms with E-state index in [-0.39, 0.29) is 11.9 Å². The number of likely N-dealkylation sites (tertiary alicyclic amines) is 1. The molecule has 116 valence electrons. The molecule has 0 bridgehead atoms. The lowest BCUT2D eigenvalue weighted by atomic mass is 9.92. The average molecular weight is 311 g/mol. The van der Waals surface area contributed by atoms with Gasteiger partial charge in [-0.3, -0.25) is 4.79 Å². The zero-order chi connectivity index (χ0) is 15.4. The summed E-state index contributed by atoms with van der Waals surface area (Å²) in [5.74, 6) is 0.913. The monoisotopic (exact) mass is 310 g/mol. The maximum Gasteiger partial charge on any atom is 0.263 e. The lowest BCUT2D eigenvalue weighted by Crippen LogP contribution is -2.48. The number of hydrogen-bond acceptors (Lipinski definition) is 3. The van der Waals surface area contributed by atoms with Crippen LogP contribution in [0.4, 0.5) is 0 Å². The topological polar surface area (TPSA) is 55.6 Å². The summed E-state index contributed by atoms with van der Waals surface area (Å²) < 4.78 is 5.70. The van der Waals surface area contributed by atoms with Gasteiger partial charge in [-0.05, 0) is 44.7 Å². The highest BCUT2D eigenvalue weighted by Gasteiger charge is 2.29. The Balaban J connectivity index is 1.97. The Morgan fingerprint density at radius 2 is 2.14 bits per heavy atom. The molecule has 21 heavy (non-hydrogen) atoms. The smallest absolute Gasteiger partial charge is 0.263 e. The molecular formula is C16H23ClN2O2. The molecule has 0 aromatic heterocycles. The summed E-state index contributed by atoms with van der Waals surface area (Å²) in [6.45, 7) is 5.26. The van der Waals surface area contributed by atoms with Crippen molar-refractivity contribution in [2.24, 2.45) is 11.7 Å². The van der Waals surface area contributed by atoms with Crippen molar-refractivity contribution in [3.05, 3.63) is 29.3 Å². The van der Waals surface area contributed by atoms with E-state index in [0.717, 1.165) is 19.4 Å². The van der Waals surface area contributed by atoms with Gasteiger partial charge >= 0.3 is 0 Å². The van der Waals surface area contributed by atoms with E-state index >= 15 is 0 Å². The number of rotatable bonds is 4. The Labute approximate surface area is 131 Å². The number of ether oxygens (including phenoxy) is 1. The highest BCUT2D eigenvalue weighted by Crippen LogP contribution is 2.25. The van der Waals surface area contributed by atoms with Gasteiger partial charge in [0.1, 0.15) is 5.75 Å². The third-order valence-corrected chi connectivity index (χ3v) is 4.31. The van der Waals surface area contributed by atoms with Gasteiger partial charge in [-0.2, -0.15) is 0 Å². The van der Waals surface area contributed by atoms with Gasteiger partial charge in [0.2, 0.25) is 0 Å².